The molecule has 5 nitrogen and oxygen atoms in total. The van der Waals surface area contributed by atoms with Gasteiger partial charge in [0.2, 0.25) is 0 Å². The average molecular weight is 445 g/mol. The molecule has 0 aromatic heterocycles. The van der Waals surface area contributed by atoms with Gasteiger partial charge >= 0.3 is 18.4 Å². The zero-order chi connectivity index (χ0) is 21.8. The van der Waals surface area contributed by atoms with Crippen molar-refractivity contribution in [3.63, 3.8) is 0 Å². The summed E-state index contributed by atoms with van der Waals surface area (Å²) in [6.07, 6.45) is 1.85. The first-order valence-corrected chi connectivity index (χ1v) is 9.42. The number of halogens is 5. The van der Waals surface area contributed by atoms with Crippen molar-refractivity contribution in [2.24, 2.45) is 0 Å². The molecule has 0 saturated carbocycles. The number of rotatable bonds is 5. The van der Waals surface area contributed by atoms with E-state index in [-0.39, 0.29) is 11.3 Å². The Morgan fingerprint density at radius 3 is 2.63 bits per heavy atom. The van der Waals surface area contributed by atoms with Gasteiger partial charge in [-0.25, -0.2) is 8.78 Å². The third-order valence-electron chi connectivity index (χ3n) is 4.69. The van der Waals surface area contributed by atoms with Gasteiger partial charge in [0.15, 0.2) is 0 Å². The van der Waals surface area contributed by atoms with Crippen molar-refractivity contribution in [2.75, 3.05) is 0 Å². The third-order valence-corrected chi connectivity index (χ3v) is 4.98. The molecule has 0 radical (unpaired) electrons. The molecule has 1 aliphatic carbocycles. The van der Waals surface area contributed by atoms with Crippen molar-refractivity contribution >= 4 is 23.4 Å². The van der Waals surface area contributed by atoms with Crippen LogP contribution in [-0.4, -0.2) is 18.4 Å². The maximum Gasteiger partial charge on any atom is 0.387 e. The van der Waals surface area contributed by atoms with Gasteiger partial charge in [-0.1, -0.05) is 17.7 Å². The van der Waals surface area contributed by atoms with Gasteiger partial charge in [-0.05, 0) is 54.7 Å². The van der Waals surface area contributed by atoms with Gasteiger partial charge in [0, 0.05) is 12.1 Å². The molecular weight excluding hydrogens is 428 g/mol. The van der Waals surface area contributed by atoms with Crippen molar-refractivity contribution < 1.29 is 31.9 Å². The lowest BCUT2D eigenvalue weighted by atomic mass is 9.87. The summed E-state index contributed by atoms with van der Waals surface area (Å²) in [5.74, 6) is -3.61. The molecule has 0 spiro atoms. The lowest BCUT2D eigenvalue weighted by Gasteiger charge is -2.26. The topological polar surface area (TPSA) is 67.4 Å². The van der Waals surface area contributed by atoms with E-state index in [1.54, 1.807) is 6.07 Å². The molecule has 0 heterocycles. The number of ether oxygens (including phenoxy) is 1. The van der Waals surface area contributed by atoms with E-state index in [2.05, 4.69) is 15.4 Å². The Labute approximate surface area is 174 Å². The molecule has 0 fully saturated rings. The predicted molar refractivity (Wildman–Crippen MR) is 100 cm³/mol. The number of amides is 2. The molecule has 160 valence electrons. The first-order valence-electron chi connectivity index (χ1n) is 9.04. The van der Waals surface area contributed by atoms with Crippen LogP contribution in [0.1, 0.15) is 35.6 Å². The van der Waals surface area contributed by atoms with Crippen LogP contribution in [0.4, 0.5) is 17.6 Å². The smallest absolute Gasteiger partial charge is 0.387 e. The van der Waals surface area contributed by atoms with E-state index in [0.29, 0.717) is 24.8 Å². The van der Waals surface area contributed by atoms with Gasteiger partial charge in [0.05, 0.1) is 11.1 Å². The lowest BCUT2D eigenvalue weighted by Crippen LogP contribution is -2.42. The highest BCUT2D eigenvalue weighted by Crippen LogP contribution is 2.32. The van der Waals surface area contributed by atoms with Crippen molar-refractivity contribution in [1.82, 2.24) is 10.6 Å². The number of benzene rings is 2. The Balaban J connectivity index is 1.62. The average Bonchev–Trinajstić information content (AvgIpc) is 2.69. The van der Waals surface area contributed by atoms with Crippen molar-refractivity contribution in [3.05, 3.63) is 63.7 Å². The molecule has 2 amide bonds. The third kappa shape index (κ3) is 5.21. The van der Waals surface area contributed by atoms with Gasteiger partial charge < -0.3 is 15.4 Å². The van der Waals surface area contributed by atoms with Crippen LogP contribution >= 0.6 is 11.6 Å². The summed E-state index contributed by atoms with van der Waals surface area (Å²) in [7, 11) is 0. The minimum absolute atomic E-state index is 0.0192. The Morgan fingerprint density at radius 2 is 1.90 bits per heavy atom. The van der Waals surface area contributed by atoms with E-state index < -0.39 is 47.7 Å². The standard InChI is InChI=1S/C20H17ClF4N2O3/c21-14-8-15(22)11(7-16(14)23)9-26-18(28)19(29)27-17-3-1-2-10-6-12(30-20(24)25)4-5-13(10)17/h4-8,17,20H,1-3,9H2,(H,26,28)(H,27,29). The van der Waals surface area contributed by atoms with E-state index >= 15 is 0 Å². The summed E-state index contributed by atoms with van der Waals surface area (Å²) in [5.41, 5.74) is 1.28. The van der Waals surface area contributed by atoms with Gasteiger partial charge in [-0.3, -0.25) is 9.59 Å². The quantitative estimate of drug-likeness (QED) is 0.416. The molecule has 30 heavy (non-hydrogen) atoms. The van der Waals surface area contributed by atoms with Crippen LogP contribution in [0.15, 0.2) is 30.3 Å². The minimum Gasteiger partial charge on any atom is -0.435 e. The maximum absolute atomic E-state index is 13.8. The van der Waals surface area contributed by atoms with Gasteiger partial charge in [-0.2, -0.15) is 8.78 Å². The molecule has 0 bridgehead atoms. The fourth-order valence-corrected chi connectivity index (χ4v) is 3.45. The molecule has 2 aromatic carbocycles. The first-order chi connectivity index (χ1) is 14.2. The van der Waals surface area contributed by atoms with E-state index in [9.17, 15) is 27.2 Å². The number of fused-ring (bicyclic) bond motifs is 1. The van der Waals surface area contributed by atoms with E-state index in [4.69, 9.17) is 11.6 Å². The minimum atomic E-state index is -2.94. The SMILES string of the molecule is O=C(NCc1cc(F)c(Cl)cc1F)C(=O)NC1CCCc2cc(OC(F)F)ccc21. The van der Waals surface area contributed by atoms with E-state index in [1.165, 1.54) is 12.1 Å². The summed E-state index contributed by atoms with van der Waals surface area (Å²) in [4.78, 5) is 24.3. The summed E-state index contributed by atoms with van der Waals surface area (Å²) >= 11 is 5.47. The maximum atomic E-state index is 13.8. The predicted octanol–water partition coefficient (Wildman–Crippen LogP) is 4.03. The van der Waals surface area contributed by atoms with Crippen molar-refractivity contribution in [2.45, 2.75) is 38.5 Å². The number of aryl methyl sites for hydroxylation is 1. The van der Waals surface area contributed by atoms with Crippen LogP contribution in [0, 0.1) is 11.6 Å². The normalized spacial score (nSPS) is 15.5. The molecule has 1 unspecified atom stereocenters. The lowest BCUT2D eigenvalue weighted by molar-refractivity contribution is -0.139. The monoisotopic (exact) mass is 444 g/mol. The Hall–Kier alpha value is -2.81. The Kier molecular flexibility index (Phi) is 6.81. The highest BCUT2D eigenvalue weighted by Gasteiger charge is 2.25. The second kappa shape index (κ2) is 9.34. The molecule has 1 atom stereocenters. The highest BCUT2D eigenvalue weighted by molar-refractivity contribution is 6.35. The van der Waals surface area contributed by atoms with Crippen LogP contribution in [0.5, 0.6) is 5.75 Å². The fraction of sp³-hybridized carbons (Fsp3) is 0.300. The summed E-state index contributed by atoms with van der Waals surface area (Å²) < 4.78 is 56.4. The molecule has 0 aliphatic heterocycles. The van der Waals surface area contributed by atoms with Gasteiger partial charge in [0.25, 0.3) is 0 Å². The Morgan fingerprint density at radius 1 is 1.13 bits per heavy atom. The molecule has 2 aromatic rings. The van der Waals surface area contributed by atoms with E-state index in [1.807, 2.05) is 0 Å². The number of hydrogen-bond donors (Lipinski definition) is 2. The molecule has 3 rings (SSSR count). The highest BCUT2D eigenvalue weighted by atomic mass is 35.5. The fourth-order valence-electron chi connectivity index (χ4n) is 3.30. The van der Waals surface area contributed by atoms with Crippen molar-refractivity contribution in [3.8, 4) is 5.75 Å². The first kappa shape index (κ1) is 21.9. The molecule has 10 heteroatoms. The van der Waals surface area contributed by atoms with Crippen LogP contribution in [0.3, 0.4) is 0 Å². The Bertz CT molecular complexity index is 971. The second-order valence-electron chi connectivity index (χ2n) is 6.70. The zero-order valence-corrected chi connectivity index (χ0v) is 16.2. The molecule has 0 saturated heterocycles. The molecular formula is C20H17ClF4N2O3. The van der Waals surface area contributed by atoms with Crippen molar-refractivity contribution in [1.29, 1.82) is 0 Å². The van der Waals surface area contributed by atoms with Crippen LogP contribution in [0.25, 0.3) is 0 Å². The largest absolute Gasteiger partial charge is 0.435 e. The zero-order valence-electron chi connectivity index (χ0n) is 15.5. The van der Waals surface area contributed by atoms with Crippen LogP contribution in [-0.2, 0) is 22.6 Å². The number of alkyl halides is 2. The van der Waals surface area contributed by atoms with Crippen LogP contribution in [0.2, 0.25) is 5.02 Å². The molecule has 2 N–H and O–H groups in total. The molecule has 1 aliphatic rings. The summed E-state index contributed by atoms with van der Waals surface area (Å²) in [6.45, 7) is -3.34. The number of carbonyl (C=O) groups excluding carboxylic acids is 2. The number of hydrogen-bond acceptors (Lipinski definition) is 3. The summed E-state index contributed by atoms with van der Waals surface area (Å²) in [6, 6.07) is 5.55. The van der Waals surface area contributed by atoms with Gasteiger partial charge in [0.1, 0.15) is 17.4 Å². The number of nitrogens with one attached hydrogen (secondary N) is 2. The number of carbonyl (C=O) groups is 2. The second-order valence-corrected chi connectivity index (χ2v) is 7.11. The summed E-state index contributed by atoms with van der Waals surface area (Å²) in [5, 5.41) is 4.41. The van der Waals surface area contributed by atoms with E-state index in [0.717, 1.165) is 17.7 Å². The van der Waals surface area contributed by atoms with Gasteiger partial charge in [-0.15, -0.1) is 0 Å². The van der Waals surface area contributed by atoms with Crippen LogP contribution < -0.4 is 15.4 Å².